The molecule has 0 fully saturated rings. The van der Waals surface area contributed by atoms with Gasteiger partial charge in [0, 0.05) is 35.9 Å². The highest BCUT2D eigenvalue weighted by atomic mass is 16.5. The molecule has 2 heterocycles. The van der Waals surface area contributed by atoms with Crippen molar-refractivity contribution in [3.63, 3.8) is 0 Å². The molecule has 0 saturated carbocycles. The van der Waals surface area contributed by atoms with E-state index in [-0.39, 0.29) is 0 Å². The van der Waals surface area contributed by atoms with E-state index in [9.17, 15) is 0 Å². The summed E-state index contributed by atoms with van der Waals surface area (Å²) in [5.74, 6) is 1.64. The molecular weight excluding hydrogens is 324 g/mol. The van der Waals surface area contributed by atoms with Gasteiger partial charge in [0.25, 0.3) is 0 Å². The molecule has 0 aliphatic rings. The predicted octanol–water partition coefficient (Wildman–Crippen LogP) is 4.98. The summed E-state index contributed by atoms with van der Waals surface area (Å²) in [6.07, 6.45) is 7.15. The molecule has 2 aromatic carbocycles. The van der Waals surface area contributed by atoms with Gasteiger partial charge in [0.05, 0.1) is 14.2 Å². The van der Waals surface area contributed by atoms with Crippen LogP contribution in [0.15, 0.2) is 73.3 Å². The number of hydrogen-bond donors (Lipinski definition) is 0. The Morgan fingerprint density at radius 2 is 0.962 bits per heavy atom. The normalized spacial score (nSPS) is 10.7. The van der Waals surface area contributed by atoms with Gasteiger partial charge in [0.15, 0.2) is 0 Å². The summed E-state index contributed by atoms with van der Waals surface area (Å²) in [6.45, 7) is 0. The van der Waals surface area contributed by atoms with E-state index in [4.69, 9.17) is 9.47 Å². The van der Waals surface area contributed by atoms with Gasteiger partial charge in [-0.05, 0) is 70.4 Å². The van der Waals surface area contributed by atoms with Crippen molar-refractivity contribution >= 4 is 10.8 Å². The van der Waals surface area contributed by atoms with Gasteiger partial charge < -0.3 is 9.47 Å². The van der Waals surface area contributed by atoms with Crippen molar-refractivity contribution in [2.75, 3.05) is 14.2 Å². The molecule has 4 heteroatoms. The molecule has 0 N–H and O–H groups in total. The van der Waals surface area contributed by atoms with Crippen molar-refractivity contribution in [3.8, 4) is 33.8 Å². The lowest BCUT2D eigenvalue weighted by atomic mass is 9.96. The highest BCUT2D eigenvalue weighted by Gasteiger charge is 2.12. The van der Waals surface area contributed by atoms with Crippen LogP contribution in [-0.4, -0.2) is 24.2 Å². The number of aromatic nitrogens is 2. The third-order valence-electron chi connectivity index (χ3n) is 4.46. The van der Waals surface area contributed by atoms with Crippen LogP contribution in [0.25, 0.3) is 33.0 Å². The Balaban J connectivity index is 1.97. The first kappa shape index (κ1) is 16.1. The monoisotopic (exact) mass is 342 g/mol. The predicted molar refractivity (Wildman–Crippen MR) is 104 cm³/mol. The van der Waals surface area contributed by atoms with Gasteiger partial charge in [-0.25, -0.2) is 0 Å². The maximum atomic E-state index is 5.63. The van der Waals surface area contributed by atoms with E-state index in [1.807, 2.05) is 36.4 Å². The third-order valence-corrected chi connectivity index (χ3v) is 4.46. The molecule has 0 amide bonds. The van der Waals surface area contributed by atoms with Gasteiger partial charge in [0.1, 0.15) is 11.5 Å². The topological polar surface area (TPSA) is 44.2 Å². The molecule has 0 aliphatic carbocycles. The van der Waals surface area contributed by atoms with Crippen LogP contribution in [0.5, 0.6) is 11.5 Å². The van der Waals surface area contributed by atoms with Crippen molar-refractivity contribution in [2.24, 2.45) is 0 Å². The van der Waals surface area contributed by atoms with Crippen LogP contribution < -0.4 is 9.47 Å². The molecule has 4 rings (SSSR count). The molecule has 0 atom stereocenters. The zero-order chi connectivity index (χ0) is 17.9. The molecule has 0 aliphatic heterocycles. The van der Waals surface area contributed by atoms with Crippen LogP contribution in [-0.2, 0) is 0 Å². The Bertz CT molecular complexity index is 966. The number of nitrogens with zero attached hydrogens (tertiary/aromatic N) is 2. The summed E-state index contributed by atoms with van der Waals surface area (Å²) in [4.78, 5) is 8.20. The Morgan fingerprint density at radius 1 is 0.577 bits per heavy atom. The minimum atomic E-state index is 0.822. The van der Waals surface area contributed by atoms with Crippen LogP contribution in [0.4, 0.5) is 0 Å². The molecule has 4 aromatic rings. The fourth-order valence-corrected chi connectivity index (χ4v) is 3.16. The largest absolute Gasteiger partial charge is 0.496 e. The van der Waals surface area contributed by atoms with Crippen LogP contribution in [0.1, 0.15) is 0 Å². The van der Waals surface area contributed by atoms with Crippen LogP contribution >= 0.6 is 0 Å². The lowest BCUT2D eigenvalue weighted by Crippen LogP contribution is -1.92. The molecule has 0 radical (unpaired) electrons. The van der Waals surface area contributed by atoms with Gasteiger partial charge in [-0.2, -0.15) is 0 Å². The van der Waals surface area contributed by atoms with E-state index in [0.717, 1.165) is 44.5 Å². The zero-order valence-electron chi connectivity index (χ0n) is 14.6. The minimum absolute atomic E-state index is 0.822. The lowest BCUT2D eigenvalue weighted by molar-refractivity contribution is 0.415. The average molecular weight is 342 g/mol. The molecular formula is C22H18N2O2. The summed E-state index contributed by atoms with van der Waals surface area (Å²) >= 11 is 0. The van der Waals surface area contributed by atoms with Gasteiger partial charge in [0.2, 0.25) is 0 Å². The Kier molecular flexibility index (Phi) is 4.23. The summed E-state index contributed by atoms with van der Waals surface area (Å²) in [5.41, 5.74) is 4.21. The Hall–Kier alpha value is -3.40. The number of methoxy groups -OCH3 is 2. The zero-order valence-corrected chi connectivity index (χ0v) is 14.6. The molecule has 0 unspecified atom stereocenters. The van der Waals surface area contributed by atoms with Crippen molar-refractivity contribution < 1.29 is 9.47 Å². The van der Waals surface area contributed by atoms with E-state index >= 15 is 0 Å². The number of benzene rings is 2. The SMILES string of the molecule is COc1cc2cc(OC)c(-c3ccncc3)cc2cc1-c1ccncc1. The quantitative estimate of drug-likeness (QED) is 0.524. The minimum Gasteiger partial charge on any atom is -0.496 e. The smallest absolute Gasteiger partial charge is 0.127 e. The van der Waals surface area contributed by atoms with Crippen molar-refractivity contribution in [1.82, 2.24) is 9.97 Å². The molecule has 0 bridgehead atoms. The van der Waals surface area contributed by atoms with E-state index in [1.165, 1.54) is 0 Å². The summed E-state index contributed by atoms with van der Waals surface area (Å²) in [7, 11) is 3.38. The number of rotatable bonds is 4. The first-order valence-electron chi connectivity index (χ1n) is 8.30. The molecule has 4 nitrogen and oxygen atoms in total. The van der Waals surface area contributed by atoms with E-state index in [2.05, 4.69) is 22.1 Å². The third kappa shape index (κ3) is 2.86. The van der Waals surface area contributed by atoms with Crippen molar-refractivity contribution in [1.29, 1.82) is 0 Å². The first-order valence-corrected chi connectivity index (χ1v) is 8.30. The number of hydrogen-bond acceptors (Lipinski definition) is 4. The number of pyridine rings is 2. The average Bonchev–Trinajstić information content (AvgIpc) is 2.73. The second-order valence-electron chi connectivity index (χ2n) is 5.92. The lowest BCUT2D eigenvalue weighted by Gasteiger charge is -2.14. The van der Waals surface area contributed by atoms with Gasteiger partial charge in [-0.3, -0.25) is 9.97 Å². The summed E-state index contributed by atoms with van der Waals surface area (Å²) in [6, 6.07) is 16.3. The second kappa shape index (κ2) is 6.84. The molecule has 2 aromatic heterocycles. The highest BCUT2D eigenvalue weighted by Crippen LogP contribution is 2.39. The fourth-order valence-electron chi connectivity index (χ4n) is 3.16. The van der Waals surface area contributed by atoms with Crippen LogP contribution in [0.2, 0.25) is 0 Å². The van der Waals surface area contributed by atoms with Crippen molar-refractivity contribution in [3.05, 3.63) is 73.3 Å². The fraction of sp³-hybridized carbons (Fsp3) is 0.0909. The molecule has 0 saturated heterocycles. The molecule has 26 heavy (non-hydrogen) atoms. The van der Waals surface area contributed by atoms with Crippen molar-refractivity contribution in [2.45, 2.75) is 0 Å². The van der Waals surface area contributed by atoms with Gasteiger partial charge >= 0.3 is 0 Å². The van der Waals surface area contributed by atoms with E-state index < -0.39 is 0 Å². The van der Waals surface area contributed by atoms with Gasteiger partial charge in [-0.15, -0.1) is 0 Å². The molecule has 128 valence electrons. The van der Waals surface area contributed by atoms with Crippen LogP contribution in [0.3, 0.4) is 0 Å². The van der Waals surface area contributed by atoms with E-state index in [1.54, 1.807) is 39.0 Å². The maximum Gasteiger partial charge on any atom is 0.127 e. The summed E-state index contributed by atoms with van der Waals surface area (Å²) in [5, 5.41) is 2.18. The summed E-state index contributed by atoms with van der Waals surface area (Å²) < 4.78 is 11.3. The molecule has 0 spiro atoms. The van der Waals surface area contributed by atoms with E-state index in [0.29, 0.717) is 0 Å². The number of fused-ring (bicyclic) bond motifs is 1. The van der Waals surface area contributed by atoms with Gasteiger partial charge in [-0.1, -0.05) is 0 Å². The first-order chi connectivity index (χ1) is 12.8. The Morgan fingerprint density at radius 3 is 1.35 bits per heavy atom. The van der Waals surface area contributed by atoms with Crippen LogP contribution in [0, 0.1) is 0 Å². The number of ether oxygens (including phenoxy) is 2. The highest BCUT2D eigenvalue weighted by molar-refractivity contribution is 5.95. The standard InChI is InChI=1S/C22H18N2O2/c1-25-21-13-18-14-22(26-2)20(16-5-9-24-10-6-16)12-17(18)11-19(21)15-3-7-23-8-4-15/h3-14H,1-2H3. The maximum absolute atomic E-state index is 5.63. The Labute approximate surface area is 152 Å². The second-order valence-corrected chi connectivity index (χ2v) is 5.92.